The SMILES string of the molecule is CC(CO)N(C)C(=O)NC1CCc2ccccc21. The number of urea groups is 1. The molecule has 0 radical (unpaired) electrons. The molecule has 4 heteroatoms. The minimum Gasteiger partial charge on any atom is -0.394 e. The molecule has 4 nitrogen and oxygen atoms in total. The Labute approximate surface area is 108 Å². The molecule has 18 heavy (non-hydrogen) atoms. The standard InChI is InChI=1S/C14H20N2O2/c1-10(9-17)16(2)14(18)15-13-8-7-11-5-3-4-6-12(11)13/h3-6,10,13,17H,7-9H2,1-2H3,(H,15,18). The molecule has 0 aliphatic heterocycles. The Balaban J connectivity index is 2.02. The van der Waals surface area contributed by atoms with Crippen molar-refractivity contribution in [2.24, 2.45) is 0 Å². The number of hydrogen-bond acceptors (Lipinski definition) is 2. The maximum absolute atomic E-state index is 12.0. The number of benzene rings is 1. The average molecular weight is 248 g/mol. The monoisotopic (exact) mass is 248 g/mol. The van der Waals surface area contributed by atoms with Crippen molar-refractivity contribution in [3.8, 4) is 0 Å². The fraction of sp³-hybridized carbons (Fsp3) is 0.500. The number of carbonyl (C=O) groups is 1. The van der Waals surface area contributed by atoms with Gasteiger partial charge in [-0.05, 0) is 30.9 Å². The summed E-state index contributed by atoms with van der Waals surface area (Å²) in [7, 11) is 1.71. The third kappa shape index (κ3) is 2.48. The molecule has 2 unspecified atom stereocenters. The molecule has 0 aromatic heterocycles. The highest BCUT2D eigenvalue weighted by Gasteiger charge is 2.25. The summed E-state index contributed by atoms with van der Waals surface area (Å²) in [4.78, 5) is 13.6. The maximum atomic E-state index is 12.0. The summed E-state index contributed by atoms with van der Waals surface area (Å²) >= 11 is 0. The van der Waals surface area contributed by atoms with E-state index in [-0.39, 0.29) is 24.7 Å². The summed E-state index contributed by atoms with van der Waals surface area (Å²) < 4.78 is 0. The van der Waals surface area contributed by atoms with Crippen LogP contribution in [-0.4, -0.2) is 35.7 Å². The number of hydrogen-bond donors (Lipinski definition) is 2. The van der Waals surface area contributed by atoms with Crippen molar-refractivity contribution in [2.45, 2.75) is 31.8 Å². The van der Waals surface area contributed by atoms with Crippen molar-refractivity contribution in [3.63, 3.8) is 0 Å². The fourth-order valence-electron chi connectivity index (χ4n) is 2.28. The number of carbonyl (C=O) groups excluding carboxylic acids is 1. The third-order valence-corrected chi connectivity index (χ3v) is 3.68. The van der Waals surface area contributed by atoms with Crippen LogP contribution in [0.25, 0.3) is 0 Å². The first kappa shape index (κ1) is 12.9. The van der Waals surface area contributed by atoms with Crippen molar-refractivity contribution in [1.29, 1.82) is 0 Å². The lowest BCUT2D eigenvalue weighted by molar-refractivity contribution is 0.155. The van der Waals surface area contributed by atoms with Gasteiger partial charge in [-0.3, -0.25) is 0 Å². The highest BCUT2D eigenvalue weighted by Crippen LogP contribution is 2.30. The Kier molecular flexibility index (Phi) is 3.87. The van der Waals surface area contributed by atoms with Crippen molar-refractivity contribution >= 4 is 6.03 Å². The molecule has 2 amide bonds. The van der Waals surface area contributed by atoms with E-state index in [1.54, 1.807) is 11.9 Å². The largest absolute Gasteiger partial charge is 0.394 e. The second-order valence-corrected chi connectivity index (χ2v) is 4.88. The lowest BCUT2D eigenvalue weighted by Crippen LogP contribution is -2.44. The van der Waals surface area contributed by atoms with Gasteiger partial charge in [0.1, 0.15) is 0 Å². The van der Waals surface area contributed by atoms with E-state index < -0.39 is 0 Å². The lowest BCUT2D eigenvalue weighted by atomic mass is 10.1. The number of aliphatic hydroxyl groups excluding tert-OH is 1. The first-order chi connectivity index (χ1) is 8.63. The van der Waals surface area contributed by atoms with Crippen molar-refractivity contribution in [3.05, 3.63) is 35.4 Å². The number of nitrogens with zero attached hydrogens (tertiary/aromatic N) is 1. The molecule has 98 valence electrons. The molecule has 2 atom stereocenters. The topological polar surface area (TPSA) is 52.6 Å². The van der Waals surface area contributed by atoms with E-state index >= 15 is 0 Å². The molecule has 1 aliphatic rings. The number of nitrogens with one attached hydrogen (secondary N) is 1. The summed E-state index contributed by atoms with van der Waals surface area (Å²) in [6.07, 6.45) is 1.97. The molecule has 0 spiro atoms. The second-order valence-electron chi connectivity index (χ2n) is 4.88. The van der Waals surface area contributed by atoms with Gasteiger partial charge in [-0.2, -0.15) is 0 Å². The van der Waals surface area contributed by atoms with Crippen molar-refractivity contribution in [2.75, 3.05) is 13.7 Å². The lowest BCUT2D eigenvalue weighted by Gasteiger charge is -2.25. The van der Waals surface area contributed by atoms with E-state index in [0.29, 0.717) is 0 Å². The molecule has 1 aromatic rings. The van der Waals surface area contributed by atoms with Crippen LogP contribution in [0.3, 0.4) is 0 Å². The van der Waals surface area contributed by atoms with Crippen LogP contribution >= 0.6 is 0 Å². The van der Waals surface area contributed by atoms with Crippen LogP contribution in [0.4, 0.5) is 4.79 Å². The van der Waals surface area contributed by atoms with E-state index in [9.17, 15) is 4.79 Å². The Morgan fingerprint density at radius 2 is 2.28 bits per heavy atom. The molecule has 1 aromatic carbocycles. The summed E-state index contributed by atoms with van der Waals surface area (Å²) in [6.45, 7) is 1.80. The molecular weight excluding hydrogens is 228 g/mol. The molecule has 1 aliphatic carbocycles. The van der Waals surface area contributed by atoms with Crippen LogP contribution in [0.15, 0.2) is 24.3 Å². The number of rotatable bonds is 3. The average Bonchev–Trinajstić information content (AvgIpc) is 2.80. The van der Waals surface area contributed by atoms with Gasteiger partial charge in [0.05, 0.1) is 18.7 Å². The van der Waals surface area contributed by atoms with Gasteiger partial charge < -0.3 is 15.3 Å². The fourth-order valence-corrected chi connectivity index (χ4v) is 2.28. The van der Waals surface area contributed by atoms with Crippen LogP contribution in [0, 0.1) is 0 Å². The molecule has 2 rings (SSSR count). The molecule has 0 saturated carbocycles. The van der Waals surface area contributed by atoms with Crippen LogP contribution in [0.2, 0.25) is 0 Å². The minimum atomic E-state index is -0.165. The quantitative estimate of drug-likeness (QED) is 0.855. The first-order valence-electron chi connectivity index (χ1n) is 6.35. The Hall–Kier alpha value is -1.55. The Bertz CT molecular complexity index is 434. The summed E-state index contributed by atoms with van der Waals surface area (Å²) in [5.41, 5.74) is 2.54. The van der Waals surface area contributed by atoms with Gasteiger partial charge in [0, 0.05) is 7.05 Å². The van der Waals surface area contributed by atoms with Gasteiger partial charge in [-0.25, -0.2) is 4.79 Å². The zero-order valence-corrected chi connectivity index (χ0v) is 10.9. The van der Waals surface area contributed by atoms with E-state index in [4.69, 9.17) is 5.11 Å². The van der Waals surface area contributed by atoms with Gasteiger partial charge >= 0.3 is 6.03 Å². The number of aliphatic hydroxyl groups is 1. The van der Waals surface area contributed by atoms with Crippen molar-refractivity contribution < 1.29 is 9.90 Å². The van der Waals surface area contributed by atoms with Gasteiger partial charge in [0.15, 0.2) is 0 Å². The molecular formula is C14H20N2O2. The highest BCUT2D eigenvalue weighted by atomic mass is 16.3. The summed E-state index contributed by atoms with van der Waals surface area (Å²) in [5.74, 6) is 0. The van der Waals surface area contributed by atoms with Gasteiger partial charge in [0.25, 0.3) is 0 Å². The van der Waals surface area contributed by atoms with Gasteiger partial charge in [0.2, 0.25) is 0 Å². The van der Waals surface area contributed by atoms with Crippen LogP contribution in [-0.2, 0) is 6.42 Å². The molecule has 0 heterocycles. The summed E-state index contributed by atoms with van der Waals surface area (Å²) in [5, 5.41) is 12.1. The second kappa shape index (κ2) is 5.40. The van der Waals surface area contributed by atoms with Gasteiger partial charge in [-0.15, -0.1) is 0 Å². The minimum absolute atomic E-state index is 0.0226. The number of likely N-dealkylation sites (N-methyl/N-ethyl adjacent to an activating group) is 1. The number of aryl methyl sites for hydroxylation is 1. The van der Waals surface area contributed by atoms with E-state index in [0.717, 1.165) is 12.8 Å². The molecule has 0 bridgehead atoms. The normalized spacial score (nSPS) is 19.2. The smallest absolute Gasteiger partial charge is 0.317 e. The number of amides is 2. The van der Waals surface area contributed by atoms with E-state index in [1.807, 2.05) is 19.1 Å². The van der Waals surface area contributed by atoms with Crippen molar-refractivity contribution in [1.82, 2.24) is 10.2 Å². The summed E-state index contributed by atoms with van der Waals surface area (Å²) in [6, 6.07) is 8.03. The predicted molar refractivity (Wildman–Crippen MR) is 70.3 cm³/mol. The molecule has 0 saturated heterocycles. The van der Waals surface area contributed by atoms with Crippen LogP contribution in [0.1, 0.15) is 30.5 Å². The maximum Gasteiger partial charge on any atom is 0.317 e. The van der Waals surface area contributed by atoms with Gasteiger partial charge in [-0.1, -0.05) is 24.3 Å². The van der Waals surface area contributed by atoms with Crippen LogP contribution in [0.5, 0.6) is 0 Å². The molecule has 0 fully saturated rings. The van der Waals surface area contributed by atoms with E-state index in [1.165, 1.54) is 11.1 Å². The predicted octanol–water partition coefficient (Wildman–Crippen LogP) is 1.70. The zero-order chi connectivity index (χ0) is 13.1. The first-order valence-corrected chi connectivity index (χ1v) is 6.35. The number of fused-ring (bicyclic) bond motifs is 1. The highest BCUT2D eigenvalue weighted by molar-refractivity contribution is 5.75. The Morgan fingerprint density at radius 1 is 1.56 bits per heavy atom. The third-order valence-electron chi connectivity index (χ3n) is 3.68. The van der Waals surface area contributed by atoms with Crippen LogP contribution < -0.4 is 5.32 Å². The van der Waals surface area contributed by atoms with E-state index in [2.05, 4.69) is 17.4 Å². The zero-order valence-electron chi connectivity index (χ0n) is 10.9. The molecule has 2 N–H and O–H groups in total. The Morgan fingerprint density at radius 3 is 3.00 bits per heavy atom.